The molecule has 3 heteroatoms. The molecule has 0 N–H and O–H groups in total. The molecule has 0 spiro atoms. The fraction of sp³-hybridized carbons (Fsp3) is 0.433. The van der Waals surface area contributed by atoms with Crippen LogP contribution in [0.15, 0.2) is 29.6 Å². The first-order valence-corrected chi connectivity index (χ1v) is 13.5. The molecule has 0 saturated heterocycles. The molecule has 0 atom stereocenters. The van der Waals surface area contributed by atoms with Crippen LogP contribution in [0.2, 0.25) is 0 Å². The second-order valence-corrected chi connectivity index (χ2v) is 11.7. The molecule has 6 rings (SSSR count). The van der Waals surface area contributed by atoms with Crippen LogP contribution >= 0.6 is 11.3 Å². The van der Waals surface area contributed by atoms with Crippen molar-refractivity contribution < 1.29 is 9.30 Å². The molecule has 1 aliphatic carbocycles. The Morgan fingerprint density at radius 1 is 1.12 bits per heavy atom. The Bertz CT molecular complexity index is 1400. The SMILES string of the molecule is Cc1cc2cc(CC(C)C)cc3c2c(c1C)-c1c(c(CC2CCCC2)c2sccc2[n+]1C)O3. The monoisotopic (exact) mass is 456 g/mol. The van der Waals surface area contributed by atoms with Crippen LogP contribution < -0.4 is 9.30 Å². The van der Waals surface area contributed by atoms with E-state index in [9.17, 15) is 0 Å². The molecular weight excluding hydrogens is 422 g/mol. The highest BCUT2D eigenvalue weighted by Gasteiger charge is 2.36. The summed E-state index contributed by atoms with van der Waals surface area (Å²) < 4.78 is 10.8. The van der Waals surface area contributed by atoms with Gasteiger partial charge in [0.05, 0.1) is 5.56 Å². The van der Waals surface area contributed by atoms with Crippen molar-refractivity contribution in [2.75, 3.05) is 0 Å². The summed E-state index contributed by atoms with van der Waals surface area (Å²) in [5.74, 6) is 3.57. The van der Waals surface area contributed by atoms with E-state index in [-0.39, 0.29) is 0 Å². The summed E-state index contributed by atoms with van der Waals surface area (Å²) in [5.41, 5.74) is 9.54. The van der Waals surface area contributed by atoms with Crippen molar-refractivity contribution in [3.05, 3.63) is 51.9 Å². The van der Waals surface area contributed by atoms with Crippen molar-refractivity contribution in [2.45, 2.75) is 66.2 Å². The highest BCUT2D eigenvalue weighted by atomic mass is 32.1. The third kappa shape index (κ3) is 3.31. The number of hydrogen-bond donors (Lipinski definition) is 0. The van der Waals surface area contributed by atoms with E-state index in [1.54, 1.807) is 0 Å². The lowest BCUT2D eigenvalue weighted by Gasteiger charge is -2.25. The Kier molecular flexibility index (Phi) is 5.03. The predicted octanol–water partition coefficient (Wildman–Crippen LogP) is 8.20. The lowest BCUT2D eigenvalue weighted by Crippen LogP contribution is -2.34. The van der Waals surface area contributed by atoms with Crippen molar-refractivity contribution in [1.82, 2.24) is 0 Å². The third-order valence-corrected chi connectivity index (χ3v) is 8.91. The zero-order valence-corrected chi connectivity index (χ0v) is 21.4. The molecule has 2 aromatic carbocycles. The molecule has 0 amide bonds. The van der Waals surface area contributed by atoms with Gasteiger partial charge in [-0.3, -0.25) is 0 Å². The minimum atomic E-state index is 0.623. The number of nitrogens with zero attached hydrogens (tertiary/aromatic N) is 1. The fourth-order valence-corrected chi connectivity index (χ4v) is 7.25. The highest BCUT2D eigenvalue weighted by molar-refractivity contribution is 7.17. The molecule has 2 aromatic heterocycles. The minimum Gasteiger partial charge on any atom is -0.449 e. The van der Waals surface area contributed by atoms with Crippen LogP contribution in [-0.2, 0) is 19.9 Å². The molecule has 1 fully saturated rings. The standard InChI is InChI=1S/C30H34NOS/c1-17(2)12-21-14-22-13-18(3)19(4)26-27(22)25(16-21)32-29-23(15-20-8-6-7-9-20)30-24(10-11-33-30)31(5)28(26)29/h10-11,13-14,16-17,20H,6-9,12,15H2,1-5H3/q+1. The summed E-state index contributed by atoms with van der Waals surface area (Å²) in [6, 6.07) is 9.37. The van der Waals surface area contributed by atoms with Gasteiger partial charge >= 0.3 is 0 Å². The van der Waals surface area contributed by atoms with E-state index in [1.165, 1.54) is 80.2 Å². The molecule has 0 unspecified atom stereocenters. The lowest BCUT2D eigenvalue weighted by atomic mass is 9.87. The maximum atomic E-state index is 6.95. The number of ether oxygens (including phenoxy) is 1. The van der Waals surface area contributed by atoms with E-state index in [0.717, 1.165) is 30.3 Å². The first-order chi connectivity index (χ1) is 15.9. The quantitative estimate of drug-likeness (QED) is 0.248. The van der Waals surface area contributed by atoms with Crippen LogP contribution in [0.5, 0.6) is 11.5 Å². The zero-order valence-electron chi connectivity index (χ0n) is 20.5. The van der Waals surface area contributed by atoms with E-state index in [4.69, 9.17) is 4.74 Å². The summed E-state index contributed by atoms with van der Waals surface area (Å²) in [6.45, 7) is 9.15. The Morgan fingerprint density at radius 3 is 2.67 bits per heavy atom. The minimum absolute atomic E-state index is 0.623. The third-order valence-electron chi connectivity index (χ3n) is 7.95. The summed E-state index contributed by atoms with van der Waals surface area (Å²) in [4.78, 5) is 0. The molecule has 3 heterocycles. The van der Waals surface area contributed by atoms with Crippen molar-refractivity contribution in [3.63, 3.8) is 0 Å². The normalized spacial score (nSPS) is 15.6. The summed E-state index contributed by atoms with van der Waals surface area (Å²) in [5, 5.41) is 4.85. The molecule has 0 bridgehead atoms. The summed E-state index contributed by atoms with van der Waals surface area (Å²) in [6.07, 6.45) is 7.67. The van der Waals surface area contributed by atoms with Gasteiger partial charge in [-0.05, 0) is 72.0 Å². The van der Waals surface area contributed by atoms with Crippen molar-refractivity contribution in [2.24, 2.45) is 18.9 Å². The Morgan fingerprint density at radius 2 is 1.91 bits per heavy atom. The van der Waals surface area contributed by atoms with Gasteiger partial charge in [-0.15, -0.1) is 11.3 Å². The van der Waals surface area contributed by atoms with Gasteiger partial charge in [0.15, 0.2) is 0 Å². The number of thiophene rings is 1. The number of aromatic nitrogens is 1. The Hall–Kier alpha value is -2.39. The van der Waals surface area contributed by atoms with E-state index < -0.39 is 0 Å². The molecule has 33 heavy (non-hydrogen) atoms. The van der Waals surface area contributed by atoms with Crippen LogP contribution in [0.4, 0.5) is 0 Å². The van der Waals surface area contributed by atoms with Crippen molar-refractivity contribution in [3.8, 4) is 22.8 Å². The largest absolute Gasteiger partial charge is 0.449 e. The second kappa shape index (κ2) is 7.84. The summed E-state index contributed by atoms with van der Waals surface area (Å²) >= 11 is 1.88. The molecule has 0 radical (unpaired) electrons. The van der Waals surface area contributed by atoms with Crippen molar-refractivity contribution in [1.29, 1.82) is 0 Å². The van der Waals surface area contributed by atoms with Gasteiger partial charge in [-0.25, -0.2) is 0 Å². The Labute approximate surface area is 201 Å². The summed E-state index contributed by atoms with van der Waals surface area (Å²) in [7, 11) is 2.22. The fourth-order valence-electron chi connectivity index (χ4n) is 6.27. The average molecular weight is 457 g/mol. The smallest absolute Gasteiger partial charge is 0.257 e. The lowest BCUT2D eigenvalue weighted by molar-refractivity contribution is -0.633. The van der Waals surface area contributed by atoms with Crippen LogP contribution in [0, 0.1) is 25.7 Å². The van der Waals surface area contributed by atoms with Crippen LogP contribution in [0.3, 0.4) is 0 Å². The van der Waals surface area contributed by atoms with Gasteiger partial charge in [0.2, 0.25) is 11.3 Å². The molecule has 2 aliphatic rings. The maximum Gasteiger partial charge on any atom is 0.257 e. The number of benzene rings is 2. The molecule has 1 aliphatic heterocycles. The average Bonchev–Trinajstić information content (AvgIpc) is 3.45. The number of pyridine rings is 1. The highest BCUT2D eigenvalue weighted by Crippen LogP contribution is 2.51. The number of fused-ring (bicyclic) bond motifs is 3. The van der Waals surface area contributed by atoms with E-state index in [0.29, 0.717) is 5.92 Å². The van der Waals surface area contributed by atoms with Crippen molar-refractivity contribution >= 4 is 32.3 Å². The van der Waals surface area contributed by atoms with Crippen LogP contribution in [0.25, 0.3) is 32.2 Å². The first kappa shape index (κ1) is 21.2. The van der Waals surface area contributed by atoms with Gasteiger partial charge in [0, 0.05) is 17.0 Å². The maximum absolute atomic E-state index is 6.95. The second-order valence-electron chi connectivity index (χ2n) is 10.8. The molecule has 170 valence electrons. The van der Waals surface area contributed by atoms with Crippen LogP contribution in [0.1, 0.15) is 61.8 Å². The van der Waals surface area contributed by atoms with Gasteiger partial charge in [-0.1, -0.05) is 51.7 Å². The van der Waals surface area contributed by atoms with Gasteiger partial charge in [0.25, 0.3) is 5.69 Å². The number of aryl methyl sites for hydroxylation is 2. The van der Waals surface area contributed by atoms with Gasteiger partial charge in [-0.2, -0.15) is 4.57 Å². The zero-order chi connectivity index (χ0) is 22.9. The molecular formula is C30H34NOS+. The predicted molar refractivity (Wildman–Crippen MR) is 140 cm³/mol. The number of rotatable bonds is 4. The topological polar surface area (TPSA) is 13.1 Å². The van der Waals surface area contributed by atoms with Gasteiger partial charge < -0.3 is 4.74 Å². The Balaban J connectivity index is 1.68. The first-order valence-electron chi connectivity index (χ1n) is 12.6. The molecule has 1 saturated carbocycles. The number of hydrogen-bond acceptors (Lipinski definition) is 2. The van der Waals surface area contributed by atoms with E-state index in [2.05, 4.69) is 69.0 Å². The molecule has 2 nitrogen and oxygen atoms in total. The van der Waals surface area contributed by atoms with E-state index in [1.807, 2.05) is 11.3 Å². The van der Waals surface area contributed by atoms with E-state index >= 15 is 0 Å². The van der Waals surface area contributed by atoms with Gasteiger partial charge in [0.1, 0.15) is 17.5 Å². The molecule has 4 aromatic rings. The van der Waals surface area contributed by atoms with Crippen LogP contribution in [-0.4, -0.2) is 0 Å².